The largest absolute Gasteiger partial charge is 0.355 e. The maximum absolute atomic E-state index is 11.8. The summed E-state index contributed by atoms with van der Waals surface area (Å²) in [4.78, 5) is 22.7. The molecule has 0 aromatic rings. The molecular weight excluding hydrogens is 206 g/mol. The maximum atomic E-state index is 11.8. The number of amides is 2. The van der Waals surface area contributed by atoms with E-state index in [-0.39, 0.29) is 23.8 Å². The minimum absolute atomic E-state index is 0.00752. The van der Waals surface area contributed by atoms with Gasteiger partial charge < -0.3 is 10.6 Å². The molecule has 1 aliphatic rings. The summed E-state index contributed by atoms with van der Waals surface area (Å²) >= 11 is 0. The molecule has 16 heavy (non-hydrogen) atoms. The lowest BCUT2D eigenvalue weighted by Crippen LogP contribution is -2.45. The van der Waals surface area contributed by atoms with Crippen LogP contribution in [0, 0.1) is 17.2 Å². The summed E-state index contributed by atoms with van der Waals surface area (Å²) in [5.74, 6) is -0.194. The van der Waals surface area contributed by atoms with Crippen molar-refractivity contribution in [1.29, 1.82) is 5.26 Å². The molecule has 5 nitrogen and oxygen atoms in total. The molecule has 0 aromatic carbocycles. The topological polar surface area (TPSA) is 82.0 Å². The van der Waals surface area contributed by atoms with Crippen molar-refractivity contribution in [3.63, 3.8) is 0 Å². The van der Waals surface area contributed by atoms with Crippen LogP contribution < -0.4 is 10.6 Å². The van der Waals surface area contributed by atoms with Gasteiger partial charge in [0.05, 0.1) is 18.4 Å². The highest BCUT2D eigenvalue weighted by atomic mass is 16.2. The van der Waals surface area contributed by atoms with Gasteiger partial charge in [-0.15, -0.1) is 0 Å². The zero-order chi connectivity index (χ0) is 12.0. The highest BCUT2D eigenvalue weighted by molar-refractivity contribution is 5.83. The molecule has 2 atom stereocenters. The molecule has 2 amide bonds. The lowest BCUT2D eigenvalue weighted by atomic mass is 9.97. The Bertz CT molecular complexity index is 299. The Morgan fingerprint density at radius 1 is 1.75 bits per heavy atom. The van der Waals surface area contributed by atoms with Crippen molar-refractivity contribution in [1.82, 2.24) is 10.6 Å². The molecule has 2 N–H and O–H groups in total. The van der Waals surface area contributed by atoms with Crippen molar-refractivity contribution in [2.45, 2.75) is 38.6 Å². The summed E-state index contributed by atoms with van der Waals surface area (Å²) in [7, 11) is 0. The molecule has 2 unspecified atom stereocenters. The third-order valence-electron chi connectivity index (χ3n) is 2.81. The molecule has 88 valence electrons. The van der Waals surface area contributed by atoms with Crippen LogP contribution in [0.4, 0.5) is 0 Å². The summed E-state index contributed by atoms with van der Waals surface area (Å²) in [6.45, 7) is 2.35. The first-order chi connectivity index (χ1) is 7.67. The van der Waals surface area contributed by atoms with Crippen LogP contribution in [0.3, 0.4) is 0 Å². The number of piperidine rings is 1. The SMILES string of the molecule is CCC(CC#N)NC(=O)C1CCC(=O)NC1. The highest BCUT2D eigenvalue weighted by Crippen LogP contribution is 2.11. The van der Waals surface area contributed by atoms with Crippen LogP contribution >= 0.6 is 0 Å². The Balaban J connectivity index is 2.39. The zero-order valence-electron chi connectivity index (χ0n) is 9.45. The van der Waals surface area contributed by atoms with E-state index in [1.807, 2.05) is 13.0 Å². The average Bonchev–Trinajstić information content (AvgIpc) is 2.29. The second-order valence-electron chi connectivity index (χ2n) is 4.02. The molecule has 5 heteroatoms. The Hall–Kier alpha value is -1.57. The van der Waals surface area contributed by atoms with Gasteiger partial charge in [0.2, 0.25) is 11.8 Å². The number of nitriles is 1. The Morgan fingerprint density at radius 2 is 2.50 bits per heavy atom. The molecule has 0 radical (unpaired) electrons. The van der Waals surface area contributed by atoms with Crippen molar-refractivity contribution >= 4 is 11.8 Å². The molecule has 1 heterocycles. The number of nitrogens with one attached hydrogen (secondary N) is 2. The van der Waals surface area contributed by atoms with Crippen LogP contribution in [-0.2, 0) is 9.59 Å². The van der Waals surface area contributed by atoms with Gasteiger partial charge in [0, 0.05) is 19.0 Å². The Kier molecular flexibility index (Phi) is 4.77. The quantitative estimate of drug-likeness (QED) is 0.720. The lowest BCUT2D eigenvalue weighted by Gasteiger charge is -2.23. The normalized spacial score (nSPS) is 21.8. The van der Waals surface area contributed by atoms with Crippen molar-refractivity contribution in [2.75, 3.05) is 6.54 Å². The molecule has 0 spiro atoms. The zero-order valence-corrected chi connectivity index (χ0v) is 9.45. The molecule has 0 aromatic heterocycles. The first-order valence-corrected chi connectivity index (χ1v) is 5.61. The number of hydrogen-bond donors (Lipinski definition) is 2. The fourth-order valence-corrected chi connectivity index (χ4v) is 1.68. The molecule has 1 rings (SSSR count). The van der Waals surface area contributed by atoms with E-state index >= 15 is 0 Å². The number of nitrogens with zero attached hydrogens (tertiary/aromatic N) is 1. The molecular formula is C11H17N3O2. The standard InChI is InChI=1S/C11H17N3O2/c1-2-9(5-6-12)14-11(16)8-3-4-10(15)13-7-8/h8-9H,2-5,7H2,1H3,(H,13,15)(H,14,16). The fourth-order valence-electron chi connectivity index (χ4n) is 1.68. The highest BCUT2D eigenvalue weighted by Gasteiger charge is 2.25. The van der Waals surface area contributed by atoms with Crippen molar-refractivity contribution in [3.05, 3.63) is 0 Å². The van der Waals surface area contributed by atoms with E-state index in [0.717, 1.165) is 6.42 Å². The van der Waals surface area contributed by atoms with E-state index in [9.17, 15) is 9.59 Å². The second-order valence-corrected chi connectivity index (χ2v) is 4.02. The maximum Gasteiger partial charge on any atom is 0.225 e. The molecule has 0 aliphatic carbocycles. The molecule has 1 saturated heterocycles. The number of rotatable bonds is 4. The Morgan fingerprint density at radius 3 is 3.00 bits per heavy atom. The number of carbonyl (C=O) groups is 2. The third-order valence-corrected chi connectivity index (χ3v) is 2.81. The predicted molar refractivity (Wildman–Crippen MR) is 58.2 cm³/mol. The van der Waals surface area contributed by atoms with E-state index in [4.69, 9.17) is 5.26 Å². The van der Waals surface area contributed by atoms with E-state index in [1.165, 1.54) is 0 Å². The summed E-state index contributed by atoms with van der Waals surface area (Å²) in [5, 5.41) is 14.1. The van der Waals surface area contributed by atoms with Gasteiger partial charge in [-0.25, -0.2) is 0 Å². The summed E-state index contributed by atoms with van der Waals surface area (Å²) in [5.41, 5.74) is 0. The van der Waals surface area contributed by atoms with Gasteiger partial charge in [0.15, 0.2) is 0 Å². The summed E-state index contributed by atoms with van der Waals surface area (Å²) in [6.07, 6.45) is 2.09. The van der Waals surface area contributed by atoms with E-state index < -0.39 is 0 Å². The second kappa shape index (κ2) is 6.11. The van der Waals surface area contributed by atoms with Crippen LogP contribution in [-0.4, -0.2) is 24.4 Å². The van der Waals surface area contributed by atoms with Crippen LogP contribution in [0.25, 0.3) is 0 Å². The van der Waals surface area contributed by atoms with E-state index in [0.29, 0.717) is 25.8 Å². The van der Waals surface area contributed by atoms with E-state index in [2.05, 4.69) is 10.6 Å². The monoisotopic (exact) mass is 223 g/mol. The van der Waals surface area contributed by atoms with Gasteiger partial charge >= 0.3 is 0 Å². The smallest absolute Gasteiger partial charge is 0.225 e. The molecule has 1 fully saturated rings. The minimum Gasteiger partial charge on any atom is -0.355 e. The molecule has 0 bridgehead atoms. The molecule has 0 saturated carbocycles. The summed E-state index contributed by atoms with van der Waals surface area (Å²) < 4.78 is 0. The van der Waals surface area contributed by atoms with Gasteiger partial charge in [-0.2, -0.15) is 5.26 Å². The van der Waals surface area contributed by atoms with Gasteiger partial charge in [-0.3, -0.25) is 9.59 Å². The third kappa shape index (κ3) is 3.54. The van der Waals surface area contributed by atoms with Gasteiger partial charge in [0.1, 0.15) is 0 Å². The summed E-state index contributed by atoms with van der Waals surface area (Å²) in [6, 6.07) is 1.98. The van der Waals surface area contributed by atoms with Crippen LogP contribution in [0.1, 0.15) is 32.6 Å². The van der Waals surface area contributed by atoms with Gasteiger partial charge in [0.25, 0.3) is 0 Å². The first kappa shape index (κ1) is 12.5. The number of carbonyl (C=O) groups excluding carboxylic acids is 2. The van der Waals surface area contributed by atoms with Crippen molar-refractivity contribution in [3.8, 4) is 6.07 Å². The van der Waals surface area contributed by atoms with Crippen LogP contribution in [0.2, 0.25) is 0 Å². The first-order valence-electron chi connectivity index (χ1n) is 5.61. The Labute approximate surface area is 95.2 Å². The van der Waals surface area contributed by atoms with E-state index in [1.54, 1.807) is 0 Å². The lowest BCUT2D eigenvalue weighted by molar-refractivity contribution is -0.129. The fraction of sp³-hybridized carbons (Fsp3) is 0.727. The minimum atomic E-state index is -0.148. The van der Waals surface area contributed by atoms with Crippen molar-refractivity contribution in [2.24, 2.45) is 5.92 Å². The number of hydrogen-bond acceptors (Lipinski definition) is 3. The molecule has 1 aliphatic heterocycles. The predicted octanol–water partition coefficient (Wildman–Crippen LogP) is 0.321. The van der Waals surface area contributed by atoms with Crippen molar-refractivity contribution < 1.29 is 9.59 Å². The average molecular weight is 223 g/mol. The van der Waals surface area contributed by atoms with Gasteiger partial charge in [-0.05, 0) is 12.8 Å². The van der Waals surface area contributed by atoms with Gasteiger partial charge in [-0.1, -0.05) is 6.92 Å². The van der Waals surface area contributed by atoms with Crippen LogP contribution in [0.5, 0.6) is 0 Å². The van der Waals surface area contributed by atoms with Crippen LogP contribution in [0.15, 0.2) is 0 Å².